The van der Waals surface area contributed by atoms with Crippen molar-refractivity contribution < 1.29 is 5.11 Å². The van der Waals surface area contributed by atoms with Crippen LogP contribution in [0.15, 0.2) is 29.2 Å². The van der Waals surface area contributed by atoms with Crippen LogP contribution in [-0.2, 0) is 0 Å². The van der Waals surface area contributed by atoms with Crippen molar-refractivity contribution in [2.24, 2.45) is 0 Å². The second kappa shape index (κ2) is 5.42. The monoisotopic (exact) mass is 210 g/mol. The molecule has 0 aliphatic carbocycles. The highest BCUT2D eigenvalue weighted by Gasteiger charge is 2.09. The van der Waals surface area contributed by atoms with Crippen molar-refractivity contribution in [3.8, 4) is 0 Å². The van der Waals surface area contributed by atoms with Crippen LogP contribution in [0.1, 0.15) is 38.9 Å². The van der Waals surface area contributed by atoms with Crippen molar-refractivity contribution in [3.05, 3.63) is 29.8 Å². The van der Waals surface area contributed by atoms with E-state index < -0.39 is 0 Å². The van der Waals surface area contributed by atoms with Crippen molar-refractivity contribution in [3.63, 3.8) is 0 Å². The molecule has 1 nitrogen and oxygen atoms in total. The molecule has 1 aromatic carbocycles. The zero-order chi connectivity index (χ0) is 10.6. The number of aliphatic hydroxyl groups excluding tert-OH is 1. The van der Waals surface area contributed by atoms with Gasteiger partial charge < -0.3 is 5.11 Å². The summed E-state index contributed by atoms with van der Waals surface area (Å²) in [5, 5.41) is 10.2. The molecular weight excluding hydrogens is 192 g/mol. The lowest BCUT2D eigenvalue weighted by Gasteiger charge is -2.14. The Labute approximate surface area is 90.5 Å². The Morgan fingerprint density at radius 3 is 2.50 bits per heavy atom. The fourth-order valence-corrected chi connectivity index (χ4v) is 2.37. The van der Waals surface area contributed by atoms with Crippen LogP contribution in [0, 0.1) is 0 Å². The molecule has 0 aliphatic heterocycles. The number of hydrogen-bond donors (Lipinski definition) is 1. The Morgan fingerprint density at radius 2 is 1.93 bits per heavy atom. The predicted molar refractivity (Wildman–Crippen MR) is 62.7 cm³/mol. The van der Waals surface area contributed by atoms with E-state index in [2.05, 4.69) is 19.9 Å². The Hall–Kier alpha value is -0.470. The van der Waals surface area contributed by atoms with Gasteiger partial charge in [-0.05, 0) is 25.0 Å². The molecule has 0 bridgehead atoms. The van der Waals surface area contributed by atoms with E-state index in [4.69, 9.17) is 0 Å². The minimum Gasteiger partial charge on any atom is -0.389 e. The van der Waals surface area contributed by atoms with Gasteiger partial charge in [0.2, 0.25) is 0 Å². The normalized spacial score (nSPS) is 15.1. The molecule has 1 aromatic rings. The van der Waals surface area contributed by atoms with E-state index in [-0.39, 0.29) is 6.10 Å². The summed E-state index contributed by atoms with van der Waals surface area (Å²) in [6, 6.07) is 8.08. The van der Waals surface area contributed by atoms with E-state index in [1.54, 1.807) is 0 Å². The fraction of sp³-hybridized carbons (Fsp3) is 0.500. The van der Waals surface area contributed by atoms with Gasteiger partial charge in [0.15, 0.2) is 0 Å². The van der Waals surface area contributed by atoms with E-state index in [1.807, 2.05) is 36.9 Å². The van der Waals surface area contributed by atoms with Crippen LogP contribution in [0.3, 0.4) is 0 Å². The zero-order valence-corrected chi connectivity index (χ0v) is 9.84. The lowest BCUT2D eigenvalue weighted by atomic mass is 10.1. The average Bonchev–Trinajstić information content (AvgIpc) is 2.18. The number of thioether (sulfide) groups is 1. The van der Waals surface area contributed by atoms with Crippen LogP contribution < -0.4 is 0 Å². The van der Waals surface area contributed by atoms with E-state index >= 15 is 0 Å². The van der Waals surface area contributed by atoms with Crippen molar-refractivity contribution in [2.75, 3.05) is 0 Å². The first-order valence-electron chi connectivity index (χ1n) is 5.08. The molecule has 2 heteroatoms. The summed E-state index contributed by atoms with van der Waals surface area (Å²) in [5.74, 6) is 0. The van der Waals surface area contributed by atoms with E-state index in [9.17, 15) is 5.11 Å². The maximum Gasteiger partial charge on any atom is 0.0772 e. The molecule has 0 saturated heterocycles. The first-order chi connectivity index (χ1) is 6.65. The lowest BCUT2D eigenvalue weighted by molar-refractivity contribution is 0.196. The van der Waals surface area contributed by atoms with Crippen LogP contribution >= 0.6 is 11.8 Å². The standard InChI is InChI=1S/C12H18OS/c1-4-9(2)14-12-8-6-5-7-11(12)10(3)13/h5-10,13H,4H2,1-3H3/t9?,10-/m0/s1. The average molecular weight is 210 g/mol. The summed E-state index contributed by atoms with van der Waals surface area (Å²) in [6.07, 6.45) is 0.779. The smallest absolute Gasteiger partial charge is 0.0772 e. The SMILES string of the molecule is CCC(C)Sc1ccccc1[C@H](C)O. The minimum absolute atomic E-state index is 0.372. The molecule has 1 unspecified atom stereocenters. The van der Waals surface area contributed by atoms with Crippen LogP contribution in [0.2, 0.25) is 0 Å². The first-order valence-corrected chi connectivity index (χ1v) is 5.96. The minimum atomic E-state index is -0.372. The molecule has 2 atom stereocenters. The number of rotatable bonds is 4. The molecular formula is C12H18OS. The summed E-state index contributed by atoms with van der Waals surface area (Å²) in [7, 11) is 0. The molecule has 78 valence electrons. The Kier molecular flexibility index (Phi) is 4.49. The van der Waals surface area contributed by atoms with E-state index in [1.165, 1.54) is 4.90 Å². The van der Waals surface area contributed by atoms with Crippen molar-refractivity contribution >= 4 is 11.8 Å². The zero-order valence-electron chi connectivity index (χ0n) is 9.03. The van der Waals surface area contributed by atoms with Gasteiger partial charge in [0.25, 0.3) is 0 Å². The maximum atomic E-state index is 9.58. The second-order valence-corrected chi connectivity index (χ2v) is 5.03. The number of hydrogen-bond acceptors (Lipinski definition) is 2. The van der Waals surface area contributed by atoms with Gasteiger partial charge >= 0.3 is 0 Å². The Morgan fingerprint density at radius 1 is 1.29 bits per heavy atom. The van der Waals surface area contributed by atoms with Gasteiger partial charge in [0.1, 0.15) is 0 Å². The van der Waals surface area contributed by atoms with Crippen LogP contribution in [0.4, 0.5) is 0 Å². The van der Waals surface area contributed by atoms with Crippen LogP contribution in [-0.4, -0.2) is 10.4 Å². The summed E-state index contributed by atoms with van der Waals surface area (Å²) < 4.78 is 0. The maximum absolute atomic E-state index is 9.58. The molecule has 1 N–H and O–H groups in total. The quantitative estimate of drug-likeness (QED) is 0.766. The summed E-state index contributed by atoms with van der Waals surface area (Å²) in [5.41, 5.74) is 1.04. The van der Waals surface area contributed by atoms with Crippen LogP contribution in [0.5, 0.6) is 0 Å². The first kappa shape index (κ1) is 11.6. The molecule has 0 heterocycles. The van der Waals surface area contributed by atoms with E-state index in [0.717, 1.165) is 12.0 Å². The largest absolute Gasteiger partial charge is 0.389 e. The van der Waals surface area contributed by atoms with Crippen molar-refractivity contribution in [1.29, 1.82) is 0 Å². The molecule has 14 heavy (non-hydrogen) atoms. The third-order valence-corrected chi connectivity index (χ3v) is 3.63. The van der Waals surface area contributed by atoms with Crippen molar-refractivity contribution in [2.45, 2.75) is 43.4 Å². The van der Waals surface area contributed by atoms with Crippen LogP contribution in [0.25, 0.3) is 0 Å². The molecule has 0 spiro atoms. The topological polar surface area (TPSA) is 20.2 Å². The summed E-state index contributed by atoms with van der Waals surface area (Å²) >= 11 is 1.84. The van der Waals surface area contributed by atoms with Gasteiger partial charge in [0, 0.05) is 10.1 Å². The van der Waals surface area contributed by atoms with E-state index in [0.29, 0.717) is 5.25 Å². The molecule has 0 aromatic heterocycles. The molecule has 1 rings (SSSR count). The highest BCUT2D eigenvalue weighted by molar-refractivity contribution is 8.00. The summed E-state index contributed by atoms with van der Waals surface area (Å²) in [4.78, 5) is 1.21. The van der Waals surface area contributed by atoms with Gasteiger partial charge in [0.05, 0.1) is 6.10 Å². The Balaban J connectivity index is 2.84. The molecule has 0 radical (unpaired) electrons. The Bertz CT molecular complexity index is 283. The summed E-state index contributed by atoms with van der Waals surface area (Å²) in [6.45, 7) is 6.21. The molecule has 0 fully saturated rings. The highest BCUT2D eigenvalue weighted by Crippen LogP contribution is 2.31. The number of aliphatic hydroxyl groups is 1. The fourth-order valence-electron chi connectivity index (χ4n) is 1.23. The van der Waals surface area contributed by atoms with Gasteiger partial charge in [-0.15, -0.1) is 11.8 Å². The molecule has 0 saturated carbocycles. The molecule has 0 aliphatic rings. The third-order valence-electron chi connectivity index (χ3n) is 2.27. The number of benzene rings is 1. The third kappa shape index (κ3) is 3.03. The second-order valence-electron chi connectivity index (χ2n) is 3.55. The van der Waals surface area contributed by atoms with Gasteiger partial charge in [-0.3, -0.25) is 0 Å². The predicted octanol–water partition coefficient (Wildman–Crippen LogP) is 3.63. The van der Waals surface area contributed by atoms with Gasteiger partial charge in [-0.2, -0.15) is 0 Å². The van der Waals surface area contributed by atoms with Crippen molar-refractivity contribution in [1.82, 2.24) is 0 Å². The van der Waals surface area contributed by atoms with Gasteiger partial charge in [-0.25, -0.2) is 0 Å². The molecule has 0 amide bonds. The highest BCUT2D eigenvalue weighted by atomic mass is 32.2. The van der Waals surface area contributed by atoms with Gasteiger partial charge in [-0.1, -0.05) is 32.0 Å². The lowest BCUT2D eigenvalue weighted by Crippen LogP contribution is -1.97.